The lowest BCUT2D eigenvalue weighted by Crippen LogP contribution is -2.31. The first-order valence-corrected chi connectivity index (χ1v) is 4.57. The van der Waals surface area contributed by atoms with Gasteiger partial charge in [0, 0.05) is 22.9 Å². The second kappa shape index (κ2) is 3.69. The molecule has 0 saturated carbocycles. The molecule has 0 spiro atoms. The van der Waals surface area contributed by atoms with Gasteiger partial charge in [-0.25, -0.2) is 5.84 Å². The number of rotatable bonds is 1. The highest BCUT2D eigenvalue weighted by atomic mass is 32.1. The topological polar surface area (TPSA) is 50.4 Å². The van der Waals surface area contributed by atoms with Gasteiger partial charge in [0.05, 0.1) is 0 Å². The minimum absolute atomic E-state index is 0.747. The van der Waals surface area contributed by atoms with E-state index in [0.29, 0.717) is 0 Å². The van der Waals surface area contributed by atoms with Crippen molar-refractivity contribution in [1.82, 2.24) is 5.43 Å². The summed E-state index contributed by atoms with van der Waals surface area (Å²) in [6, 6.07) is 0. The van der Waals surface area contributed by atoms with Crippen LogP contribution in [0.3, 0.4) is 0 Å². The number of amidine groups is 1. The molecule has 1 rings (SSSR count). The van der Waals surface area contributed by atoms with E-state index < -0.39 is 0 Å². The van der Waals surface area contributed by atoms with E-state index in [1.165, 1.54) is 10.4 Å². The smallest absolute Gasteiger partial charge is 0.143 e. The zero-order chi connectivity index (χ0) is 9.14. The van der Waals surface area contributed by atoms with Gasteiger partial charge < -0.3 is 5.43 Å². The van der Waals surface area contributed by atoms with Crippen LogP contribution in [0.25, 0.3) is 0 Å². The van der Waals surface area contributed by atoms with E-state index in [-0.39, 0.29) is 0 Å². The van der Waals surface area contributed by atoms with Crippen molar-refractivity contribution in [3.8, 4) is 0 Å². The first kappa shape index (κ1) is 9.22. The van der Waals surface area contributed by atoms with Crippen LogP contribution in [0.2, 0.25) is 0 Å². The van der Waals surface area contributed by atoms with E-state index in [1.54, 1.807) is 18.4 Å². The van der Waals surface area contributed by atoms with Crippen LogP contribution in [0.15, 0.2) is 10.4 Å². The Morgan fingerprint density at radius 3 is 2.58 bits per heavy atom. The van der Waals surface area contributed by atoms with Crippen LogP contribution in [0.4, 0.5) is 0 Å². The Bertz CT molecular complexity index is 301. The predicted molar refractivity (Wildman–Crippen MR) is 53.6 cm³/mol. The molecule has 0 aliphatic carbocycles. The van der Waals surface area contributed by atoms with Crippen molar-refractivity contribution in [3.05, 3.63) is 21.4 Å². The largest absolute Gasteiger partial charge is 0.308 e. The minimum atomic E-state index is 0.747. The Morgan fingerprint density at radius 2 is 2.25 bits per heavy atom. The third-order valence-electron chi connectivity index (χ3n) is 1.90. The van der Waals surface area contributed by atoms with Crippen molar-refractivity contribution >= 4 is 17.2 Å². The number of nitrogens with one attached hydrogen (secondary N) is 1. The molecule has 0 aliphatic heterocycles. The first-order chi connectivity index (χ1) is 5.70. The summed E-state index contributed by atoms with van der Waals surface area (Å²) < 4.78 is 0. The molecule has 3 N–H and O–H groups in total. The normalized spacial score (nSPS) is 11.8. The van der Waals surface area contributed by atoms with Gasteiger partial charge in [-0.15, -0.1) is 11.3 Å². The highest BCUT2D eigenvalue weighted by molar-refractivity contribution is 7.10. The van der Waals surface area contributed by atoms with Gasteiger partial charge in [-0.1, -0.05) is 0 Å². The molecule has 4 heteroatoms. The Morgan fingerprint density at radius 1 is 1.58 bits per heavy atom. The monoisotopic (exact) mass is 183 g/mol. The molecule has 0 unspecified atom stereocenters. The van der Waals surface area contributed by atoms with Crippen LogP contribution in [-0.2, 0) is 0 Å². The maximum Gasteiger partial charge on any atom is 0.143 e. The number of nitrogens with zero attached hydrogens (tertiary/aromatic N) is 1. The Balaban J connectivity index is 3.10. The Hall–Kier alpha value is -0.870. The van der Waals surface area contributed by atoms with Crippen LogP contribution < -0.4 is 11.3 Å². The van der Waals surface area contributed by atoms with Crippen LogP contribution >= 0.6 is 11.3 Å². The zero-order valence-electron chi connectivity index (χ0n) is 7.51. The summed E-state index contributed by atoms with van der Waals surface area (Å²) in [5.41, 5.74) is 4.93. The summed E-state index contributed by atoms with van der Waals surface area (Å²) in [6.45, 7) is 4.16. The average molecular weight is 183 g/mol. The standard InChI is InChI=1S/C8H13N3S/c1-5-6(2)12-4-7(5)8(10-3)11-9/h4H,9H2,1-3H3,(H,10,11). The zero-order valence-corrected chi connectivity index (χ0v) is 8.33. The minimum Gasteiger partial charge on any atom is -0.308 e. The molecule has 3 nitrogen and oxygen atoms in total. The summed E-state index contributed by atoms with van der Waals surface area (Å²) in [5, 5.41) is 2.06. The van der Waals surface area contributed by atoms with Gasteiger partial charge >= 0.3 is 0 Å². The van der Waals surface area contributed by atoms with Crippen LogP contribution in [0.1, 0.15) is 16.0 Å². The molecule has 0 aromatic carbocycles. The molecule has 0 fully saturated rings. The number of aryl methyl sites for hydroxylation is 1. The summed E-state index contributed by atoms with van der Waals surface area (Å²) in [7, 11) is 1.72. The Labute approximate surface area is 76.3 Å². The highest BCUT2D eigenvalue weighted by Crippen LogP contribution is 2.20. The fourth-order valence-electron chi connectivity index (χ4n) is 1.01. The maximum absolute atomic E-state index is 5.32. The maximum atomic E-state index is 5.32. The van der Waals surface area contributed by atoms with Gasteiger partial charge in [-0.3, -0.25) is 4.99 Å². The molecular formula is C8H13N3S. The van der Waals surface area contributed by atoms with Crippen molar-refractivity contribution in [1.29, 1.82) is 0 Å². The molecule has 0 bridgehead atoms. The van der Waals surface area contributed by atoms with E-state index in [2.05, 4.69) is 29.6 Å². The summed E-state index contributed by atoms with van der Waals surface area (Å²) in [5.74, 6) is 6.06. The first-order valence-electron chi connectivity index (χ1n) is 3.69. The quantitative estimate of drug-likeness (QED) is 0.297. The van der Waals surface area contributed by atoms with Crippen LogP contribution in [0, 0.1) is 13.8 Å². The number of hydrogen-bond donors (Lipinski definition) is 2. The van der Waals surface area contributed by atoms with E-state index >= 15 is 0 Å². The van der Waals surface area contributed by atoms with Gasteiger partial charge in [0.15, 0.2) is 0 Å². The molecule has 66 valence electrons. The van der Waals surface area contributed by atoms with Gasteiger partial charge in [-0.05, 0) is 19.4 Å². The number of nitrogens with two attached hydrogens (primary N) is 1. The second-order valence-corrected chi connectivity index (χ2v) is 3.63. The van der Waals surface area contributed by atoms with E-state index in [0.717, 1.165) is 11.4 Å². The molecule has 0 amide bonds. The molecule has 0 atom stereocenters. The van der Waals surface area contributed by atoms with E-state index in [1.807, 2.05) is 0 Å². The summed E-state index contributed by atoms with van der Waals surface area (Å²) in [4.78, 5) is 5.34. The van der Waals surface area contributed by atoms with Gasteiger partial charge in [0.1, 0.15) is 5.84 Å². The van der Waals surface area contributed by atoms with Gasteiger partial charge in [-0.2, -0.15) is 0 Å². The van der Waals surface area contributed by atoms with Crippen molar-refractivity contribution in [2.24, 2.45) is 10.8 Å². The molecule has 1 aromatic heterocycles. The molecule has 0 aliphatic rings. The third-order valence-corrected chi connectivity index (χ3v) is 2.91. The van der Waals surface area contributed by atoms with Crippen molar-refractivity contribution in [2.45, 2.75) is 13.8 Å². The van der Waals surface area contributed by atoms with E-state index in [4.69, 9.17) is 5.84 Å². The van der Waals surface area contributed by atoms with Crippen LogP contribution in [0.5, 0.6) is 0 Å². The van der Waals surface area contributed by atoms with Crippen molar-refractivity contribution in [3.63, 3.8) is 0 Å². The van der Waals surface area contributed by atoms with Gasteiger partial charge in [0.2, 0.25) is 0 Å². The summed E-state index contributed by atoms with van der Waals surface area (Å²) >= 11 is 1.71. The average Bonchev–Trinajstić information content (AvgIpc) is 2.38. The molecule has 0 saturated heterocycles. The molecule has 1 heterocycles. The lowest BCUT2D eigenvalue weighted by molar-refractivity contribution is 1.02. The fourth-order valence-corrected chi connectivity index (χ4v) is 1.88. The SMILES string of the molecule is CN=C(NN)c1csc(C)c1C. The van der Waals surface area contributed by atoms with Crippen molar-refractivity contribution in [2.75, 3.05) is 7.05 Å². The Kier molecular flexibility index (Phi) is 2.83. The third kappa shape index (κ3) is 1.49. The molecule has 12 heavy (non-hydrogen) atoms. The highest BCUT2D eigenvalue weighted by Gasteiger charge is 2.07. The lowest BCUT2D eigenvalue weighted by Gasteiger charge is -2.02. The van der Waals surface area contributed by atoms with Gasteiger partial charge in [0.25, 0.3) is 0 Å². The number of hydrogen-bond acceptors (Lipinski definition) is 3. The fraction of sp³-hybridized carbons (Fsp3) is 0.375. The predicted octanol–water partition coefficient (Wildman–Crippen LogP) is 1.20. The molecule has 1 aromatic rings. The van der Waals surface area contributed by atoms with Crippen molar-refractivity contribution < 1.29 is 0 Å². The number of hydrazine groups is 1. The molecular weight excluding hydrogens is 170 g/mol. The number of thiophene rings is 1. The second-order valence-electron chi connectivity index (χ2n) is 2.55. The molecule has 0 radical (unpaired) electrons. The number of aliphatic imine (C=N–C) groups is 1. The summed E-state index contributed by atoms with van der Waals surface area (Å²) in [6.07, 6.45) is 0. The lowest BCUT2D eigenvalue weighted by atomic mass is 10.1. The van der Waals surface area contributed by atoms with Crippen LogP contribution in [-0.4, -0.2) is 12.9 Å². The van der Waals surface area contributed by atoms with E-state index in [9.17, 15) is 0 Å².